The molecule has 0 bridgehead atoms. The van der Waals surface area contributed by atoms with Crippen LogP contribution in [0.1, 0.15) is 48.2 Å². The minimum absolute atomic E-state index is 0.0597. The van der Waals surface area contributed by atoms with Crippen LogP contribution in [-0.2, 0) is 0 Å². The molecule has 1 rings (SSSR count). The summed E-state index contributed by atoms with van der Waals surface area (Å²) >= 11 is 0. The highest BCUT2D eigenvalue weighted by molar-refractivity contribution is 5.94. The minimum Gasteiger partial charge on any atom is -0.384 e. The highest BCUT2D eigenvalue weighted by Gasteiger charge is 2.14. The number of benzene rings is 1. The molecule has 0 spiro atoms. The van der Waals surface area contributed by atoms with Crippen molar-refractivity contribution in [2.45, 2.75) is 33.6 Å². The second kappa shape index (κ2) is 8.39. The molecule has 0 fully saturated rings. The zero-order chi connectivity index (χ0) is 15.0. The number of aryl methyl sites for hydroxylation is 1. The van der Waals surface area contributed by atoms with Crippen molar-refractivity contribution in [2.24, 2.45) is 0 Å². The van der Waals surface area contributed by atoms with Gasteiger partial charge in [0.1, 0.15) is 6.61 Å². The Hall–Kier alpha value is -1.79. The number of carbonyl (C=O) groups excluding carboxylic acids is 1. The molecule has 3 nitrogen and oxygen atoms in total. The molecule has 0 aromatic heterocycles. The first-order valence-corrected chi connectivity index (χ1v) is 7.13. The first-order chi connectivity index (χ1) is 9.62. The second-order valence-corrected chi connectivity index (χ2v) is 4.84. The van der Waals surface area contributed by atoms with Gasteiger partial charge in [0.15, 0.2) is 0 Å². The maximum Gasteiger partial charge on any atom is 0.253 e. The van der Waals surface area contributed by atoms with Gasteiger partial charge in [0.25, 0.3) is 5.91 Å². The molecular weight excluding hydrogens is 250 g/mol. The summed E-state index contributed by atoms with van der Waals surface area (Å²) in [4.78, 5) is 14.4. The van der Waals surface area contributed by atoms with Crippen LogP contribution in [0.15, 0.2) is 18.2 Å². The number of aliphatic hydroxyl groups excluding tert-OH is 1. The quantitative estimate of drug-likeness (QED) is 0.838. The molecule has 20 heavy (non-hydrogen) atoms. The maximum atomic E-state index is 12.5. The van der Waals surface area contributed by atoms with E-state index in [-0.39, 0.29) is 12.5 Å². The van der Waals surface area contributed by atoms with Crippen LogP contribution < -0.4 is 0 Å². The number of hydrogen-bond donors (Lipinski definition) is 1. The molecule has 108 valence electrons. The standard InChI is InChI=1S/C17H23NO2/c1-4-8-18(9-5-2)17(20)16-12-14(3)11-15(13-16)7-6-10-19/h11-13,19H,4-5,8-10H2,1-3H3. The number of aliphatic hydroxyl groups is 1. The SMILES string of the molecule is CCCN(CCC)C(=O)c1cc(C)cc(C#CCO)c1. The molecule has 0 unspecified atom stereocenters. The van der Waals surface area contributed by atoms with Gasteiger partial charge in [0.2, 0.25) is 0 Å². The first kappa shape index (κ1) is 16.3. The topological polar surface area (TPSA) is 40.5 Å². The summed E-state index contributed by atoms with van der Waals surface area (Å²) < 4.78 is 0. The van der Waals surface area contributed by atoms with Crippen LogP contribution in [0.4, 0.5) is 0 Å². The highest BCUT2D eigenvalue weighted by atomic mass is 16.2. The fraction of sp³-hybridized carbons (Fsp3) is 0.471. The van der Waals surface area contributed by atoms with E-state index >= 15 is 0 Å². The molecule has 0 saturated carbocycles. The Bertz CT molecular complexity index is 505. The highest BCUT2D eigenvalue weighted by Crippen LogP contribution is 2.12. The van der Waals surface area contributed by atoms with Crippen molar-refractivity contribution in [2.75, 3.05) is 19.7 Å². The number of nitrogens with zero attached hydrogens (tertiary/aromatic N) is 1. The van der Waals surface area contributed by atoms with E-state index in [1.165, 1.54) is 0 Å². The summed E-state index contributed by atoms with van der Waals surface area (Å²) in [6, 6.07) is 5.62. The smallest absolute Gasteiger partial charge is 0.253 e. The monoisotopic (exact) mass is 273 g/mol. The summed E-state index contributed by atoms with van der Waals surface area (Å²) in [5, 5.41) is 8.75. The summed E-state index contributed by atoms with van der Waals surface area (Å²) in [7, 11) is 0. The lowest BCUT2D eigenvalue weighted by Crippen LogP contribution is -2.32. The number of carbonyl (C=O) groups is 1. The largest absolute Gasteiger partial charge is 0.384 e. The lowest BCUT2D eigenvalue weighted by molar-refractivity contribution is 0.0755. The Morgan fingerprint density at radius 1 is 1.20 bits per heavy atom. The molecule has 3 heteroatoms. The molecule has 1 aromatic carbocycles. The molecular formula is C17H23NO2. The molecule has 0 aliphatic rings. The Labute approximate surface area is 121 Å². The van der Waals surface area contributed by atoms with E-state index in [2.05, 4.69) is 25.7 Å². The molecule has 1 amide bonds. The molecule has 1 N–H and O–H groups in total. The zero-order valence-electron chi connectivity index (χ0n) is 12.6. The second-order valence-electron chi connectivity index (χ2n) is 4.84. The predicted molar refractivity (Wildman–Crippen MR) is 81.6 cm³/mol. The van der Waals surface area contributed by atoms with Crippen molar-refractivity contribution in [3.8, 4) is 11.8 Å². The van der Waals surface area contributed by atoms with Crippen molar-refractivity contribution < 1.29 is 9.90 Å². The summed E-state index contributed by atoms with van der Waals surface area (Å²) in [5.74, 6) is 5.54. The van der Waals surface area contributed by atoms with Gasteiger partial charge in [-0.25, -0.2) is 0 Å². The number of hydrogen-bond acceptors (Lipinski definition) is 2. The van der Waals surface area contributed by atoms with Crippen molar-refractivity contribution in [3.63, 3.8) is 0 Å². The fourth-order valence-corrected chi connectivity index (χ4v) is 2.16. The van der Waals surface area contributed by atoms with Gasteiger partial charge < -0.3 is 10.0 Å². The van der Waals surface area contributed by atoms with Crippen LogP contribution >= 0.6 is 0 Å². The Kier molecular flexibility index (Phi) is 6.83. The summed E-state index contributed by atoms with van der Waals surface area (Å²) in [6.45, 7) is 7.48. The molecule has 0 radical (unpaired) electrons. The normalized spacial score (nSPS) is 9.80. The van der Waals surface area contributed by atoms with Crippen LogP contribution in [0.5, 0.6) is 0 Å². The number of amides is 1. The maximum absolute atomic E-state index is 12.5. The first-order valence-electron chi connectivity index (χ1n) is 7.13. The third-order valence-electron chi connectivity index (χ3n) is 2.91. The van der Waals surface area contributed by atoms with E-state index in [1.807, 2.05) is 24.0 Å². The molecule has 0 heterocycles. The van der Waals surface area contributed by atoms with E-state index in [0.29, 0.717) is 5.56 Å². The van der Waals surface area contributed by atoms with Gasteiger partial charge in [0, 0.05) is 24.2 Å². The number of rotatable bonds is 5. The van der Waals surface area contributed by atoms with Crippen molar-refractivity contribution in [3.05, 3.63) is 34.9 Å². The van der Waals surface area contributed by atoms with Gasteiger partial charge in [0.05, 0.1) is 0 Å². The third-order valence-corrected chi connectivity index (χ3v) is 2.91. The van der Waals surface area contributed by atoms with Crippen LogP contribution in [0.3, 0.4) is 0 Å². The minimum atomic E-state index is -0.172. The average Bonchev–Trinajstić information content (AvgIpc) is 2.43. The van der Waals surface area contributed by atoms with E-state index in [1.54, 1.807) is 6.07 Å². The third kappa shape index (κ3) is 4.71. The van der Waals surface area contributed by atoms with E-state index in [0.717, 1.165) is 37.1 Å². The molecule has 0 atom stereocenters. The van der Waals surface area contributed by atoms with E-state index in [9.17, 15) is 4.79 Å². The van der Waals surface area contributed by atoms with Crippen LogP contribution in [0.25, 0.3) is 0 Å². The predicted octanol–water partition coefficient (Wildman–Crippen LogP) is 2.60. The van der Waals surface area contributed by atoms with Crippen molar-refractivity contribution in [1.82, 2.24) is 4.90 Å². The van der Waals surface area contributed by atoms with Crippen molar-refractivity contribution in [1.29, 1.82) is 0 Å². The zero-order valence-corrected chi connectivity index (χ0v) is 12.6. The molecule has 0 saturated heterocycles. The average molecular weight is 273 g/mol. The van der Waals surface area contributed by atoms with Crippen molar-refractivity contribution >= 4 is 5.91 Å². The lowest BCUT2D eigenvalue weighted by Gasteiger charge is -2.21. The van der Waals surface area contributed by atoms with E-state index in [4.69, 9.17) is 5.11 Å². The van der Waals surface area contributed by atoms with Gasteiger partial charge in [-0.1, -0.05) is 25.7 Å². The fourth-order valence-electron chi connectivity index (χ4n) is 2.16. The van der Waals surface area contributed by atoms with Gasteiger partial charge in [-0.2, -0.15) is 0 Å². The van der Waals surface area contributed by atoms with Gasteiger partial charge in [-0.15, -0.1) is 0 Å². The van der Waals surface area contributed by atoms with Gasteiger partial charge in [-0.05, 0) is 43.5 Å². The van der Waals surface area contributed by atoms with E-state index < -0.39 is 0 Å². The molecule has 1 aromatic rings. The summed E-state index contributed by atoms with van der Waals surface area (Å²) in [5.41, 5.74) is 2.45. The lowest BCUT2D eigenvalue weighted by atomic mass is 10.1. The summed E-state index contributed by atoms with van der Waals surface area (Å²) in [6.07, 6.45) is 1.91. The van der Waals surface area contributed by atoms with Crippen LogP contribution in [0.2, 0.25) is 0 Å². The molecule has 0 aliphatic heterocycles. The van der Waals surface area contributed by atoms with Crippen LogP contribution in [0, 0.1) is 18.8 Å². The van der Waals surface area contributed by atoms with Crippen LogP contribution in [-0.4, -0.2) is 35.6 Å². The van der Waals surface area contributed by atoms with Gasteiger partial charge >= 0.3 is 0 Å². The van der Waals surface area contributed by atoms with Gasteiger partial charge in [-0.3, -0.25) is 4.79 Å². The molecule has 0 aliphatic carbocycles. The Balaban J connectivity index is 3.04. The Morgan fingerprint density at radius 3 is 2.40 bits per heavy atom. The Morgan fingerprint density at radius 2 is 1.85 bits per heavy atom.